The molecule has 0 atom stereocenters. The molecule has 1 aliphatic heterocycles. The molecule has 3 rings (SSSR count). The Bertz CT molecular complexity index is 800. The number of amides is 3. The Balaban J connectivity index is 1.52. The largest absolute Gasteiger partial charge is 0.489 e. The number of ether oxygens (including phenoxy) is 1. The number of piperidine rings is 1. The lowest BCUT2D eigenvalue weighted by molar-refractivity contribution is -0.121. The van der Waals surface area contributed by atoms with Crippen molar-refractivity contribution in [2.45, 2.75) is 32.8 Å². The number of anilines is 2. The van der Waals surface area contributed by atoms with Crippen molar-refractivity contribution in [3.05, 3.63) is 54.6 Å². The van der Waals surface area contributed by atoms with Crippen LogP contribution in [0.3, 0.4) is 0 Å². The lowest BCUT2D eigenvalue weighted by Crippen LogP contribution is -2.43. The SMILES string of the molecule is CC(C)Oc1ccccc1NC(=O)C1CCN(C(=O)Nc2ccccc2)CC1. The molecule has 1 aliphatic rings. The zero-order valence-corrected chi connectivity index (χ0v) is 16.4. The first-order valence-corrected chi connectivity index (χ1v) is 9.70. The summed E-state index contributed by atoms with van der Waals surface area (Å²) >= 11 is 0. The van der Waals surface area contributed by atoms with E-state index in [1.54, 1.807) is 4.90 Å². The van der Waals surface area contributed by atoms with Gasteiger partial charge in [0.1, 0.15) is 5.75 Å². The first-order valence-electron chi connectivity index (χ1n) is 9.70. The summed E-state index contributed by atoms with van der Waals surface area (Å²) in [5.74, 6) is 0.529. The van der Waals surface area contributed by atoms with E-state index in [4.69, 9.17) is 4.74 Å². The summed E-state index contributed by atoms with van der Waals surface area (Å²) in [4.78, 5) is 26.8. The van der Waals surface area contributed by atoms with Crippen LogP contribution in [0.4, 0.5) is 16.2 Å². The van der Waals surface area contributed by atoms with Crippen LogP contribution < -0.4 is 15.4 Å². The van der Waals surface area contributed by atoms with Crippen molar-refractivity contribution >= 4 is 23.3 Å². The molecule has 1 heterocycles. The average molecular weight is 381 g/mol. The van der Waals surface area contributed by atoms with Crippen LogP contribution in [0.25, 0.3) is 0 Å². The summed E-state index contributed by atoms with van der Waals surface area (Å²) in [6, 6.07) is 16.7. The van der Waals surface area contributed by atoms with Crippen molar-refractivity contribution in [3.63, 3.8) is 0 Å². The second kappa shape index (κ2) is 9.26. The van der Waals surface area contributed by atoms with Gasteiger partial charge in [0.25, 0.3) is 0 Å². The molecule has 0 aromatic heterocycles. The number of hydrogen-bond donors (Lipinski definition) is 2. The van der Waals surface area contributed by atoms with Crippen LogP contribution in [0.5, 0.6) is 5.75 Å². The predicted molar refractivity (Wildman–Crippen MR) is 111 cm³/mol. The van der Waals surface area contributed by atoms with Crippen LogP contribution in [0, 0.1) is 5.92 Å². The quantitative estimate of drug-likeness (QED) is 0.809. The molecule has 6 heteroatoms. The van der Waals surface area contributed by atoms with Gasteiger partial charge in [-0.05, 0) is 51.0 Å². The first kappa shape index (κ1) is 19.7. The Kier molecular flexibility index (Phi) is 6.53. The fraction of sp³-hybridized carbons (Fsp3) is 0.364. The first-order chi connectivity index (χ1) is 13.5. The molecule has 148 valence electrons. The molecule has 28 heavy (non-hydrogen) atoms. The Labute approximate surface area is 165 Å². The maximum Gasteiger partial charge on any atom is 0.321 e. The van der Waals surface area contributed by atoms with Gasteiger partial charge in [0.05, 0.1) is 11.8 Å². The second-order valence-corrected chi connectivity index (χ2v) is 7.21. The highest BCUT2D eigenvalue weighted by Crippen LogP contribution is 2.27. The molecule has 3 amide bonds. The van der Waals surface area contributed by atoms with E-state index >= 15 is 0 Å². The number of carbonyl (C=O) groups excluding carboxylic acids is 2. The van der Waals surface area contributed by atoms with Gasteiger partial charge in [-0.1, -0.05) is 30.3 Å². The van der Waals surface area contributed by atoms with E-state index in [0.717, 1.165) is 5.69 Å². The molecule has 1 fully saturated rings. The number of nitrogens with zero attached hydrogens (tertiary/aromatic N) is 1. The number of urea groups is 1. The van der Waals surface area contributed by atoms with E-state index in [0.29, 0.717) is 37.4 Å². The zero-order chi connectivity index (χ0) is 19.9. The van der Waals surface area contributed by atoms with Gasteiger partial charge in [0, 0.05) is 24.7 Å². The van der Waals surface area contributed by atoms with E-state index in [9.17, 15) is 9.59 Å². The molecule has 2 aromatic carbocycles. The molecule has 0 spiro atoms. The highest BCUT2D eigenvalue weighted by atomic mass is 16.5. The molecule has 0 bridgehead atoms. The van der Waals surface area contributed by atoms with Crippen LogP contribution in [-0.2, 0) is 4.79 Å². The Morgan fingerprint density at radius 2 is 1.61 bits per heavy atom. The molecular weight excluding hydrogens is 354 g/mol. The smallest absolute Gasteiger partial charge is 0.321 e. The molecule has 1 saturated heterocycles. The normalized spacial score (nSPS) is 14.6. The van der Waals surface area contributed by atoms with Gasteiger partial charge in [-0.25, -0.2) is 4.79 Å². The monoisotopic (exact) mass is 381 g/mol. The molecule has 2 N–H and O–H groups in total. The summed E-state index contributed by atoms with van der Waals surface area (Å²) in [6.45, 7) is 5.02. The lowest BCUT2D eigenvalue weighted by Gasteiger charge is -2.31. The highest BCUT2D eigenvalue weighted by Gasteiger charge is 2.28. The van der Waals surface area contributed by atoms with Crippen molar-refractivity contribution in [3.8, 4) is 5.75 Å². The number of hydrogen-bond acceptors (Lipinski definition) is 3. The topological polar surface area (TPSA) is 70.7 Å². The minimum Gasteiger partial charge on any atom is -0.489 e. The third-order valence-corrected chi connectivity index (χ3v) is 4.69. The molecular formula is C22H27N3O3. The Morgan fingerprint density at radius 1 is 0.964 bits per heavy atom. The van der Waals surface area contributed by atoms with Gasteiger partial charge >= 0.3 is 6.03 Å². The second-order valence-electron chi connectivity index (χ2n) is 7.21. The third kappa shape index (κ3) is 5.25. The van der Waals surface area contributed by atoms with Crippen molar-refractivity contribution < 1.29 is 14.3 Å². The lowest BCUT2D eigenvalue weighted by atomic mass is 9.96. The maximum atomic E-state index is 12.7. The van der Waals surface area contributed by atoms with Gasteiger partial charge in [0.15, 0.2) is 0 Å². The van der Waals surface area contributed by atoms with Gasteiger partial charge in [-0.15, -0.1) is 0 Å². The van der Waals surface area contributed by atoms with Gasteiger partial charge < -0.3 is 20.3 Å². The van der Waals surface area contributed by atoms with Crippen LogP contribution in [-0.4, -0.2) is 36.0 Å². The van der Waals surface area contributed by atoms with E-state index in [-0.39, 0.29) is 24.0 Å². The molecule has 0 saturated carbocycles. The Morgan fingerprint density at radius 3 is 2.29 bits per heavy atom. The third-order valence-electron chi connectivity index (χ3n) is 4.69. The minimum atomic E-state index is -0.124. The van der Waals surface area contributed by atoms with E-state index in [2.05, 4.69) is 10.6 Å². The minimum absolute atomic E-state index is 0.0251. The number of para-hydroxylation sites is 3. The number of carbonyl (C=O) groups is 2. The molecule has 0 unspecified atom stereocenters. The van der Waals surface area contributed by atoms with Crippen molar-refractivity contribution in [1.82, 2.24) is 4.90 Å². The number of benzene rings is 2. The number of likely N-dealkylation sites (tertiary alicyclic amines) is 1. The van der Waals surface area contributed by atoms with Crippen molar-refractivity contribution in [2.24, 2.45) is 5.92 Å². The van der Waals surface area contributed by atoms with Crippen LogP contribution in [0.1, 0.15) is 26.7 Å². The van der Waals surface area contributed by atoms with Gasteiger partial charge in [-0.2, -0.15) is 0 Å². The summed E-state index contributed by atoms with van der Waals surface area (Å²) < 4.78 is 5.76. The zero-order valence-electron chi connectivity index (χ0n) is 16.4. The number of rotatable bonds is 5. The average Bonchev–Trinajstić information content (AvgIpc) is 2.70. The number of nitrogens with one attached hydrogen (secondary N) is 2. The standard InChI is InChI=1S/C22H27N3O3/c1-16(2)28-20-11-7-6-10-19(20)24-21(26)17-12-14-25(15-13-17)22(27)23-18-8-4-3-5-9-18/h3-11,16-17H,12-15H2,1-2H3,(H,23,27)(H,24,26). The van der Waals surface area contributed by atoms with E-state index in [1.165, 1.54) is 0 Å². The van der Waals surface area contributed by atoms with E-state index in [1.807, 2.05) is 68.4 Å². The Hall–Kier alpha value is -3.02. The molecule has 0 aliphatic carbocycles. The highest BCUT2D eigenvalue weighted by molar-refractivity contribution is 5.94. The fourth-order valence-corrected chi connectivity index (χ4v) is 3.23. The van der Waals surface area contributed by atoms with Gasteiger partial charge in [-0.3, -0.25) is 4.79 Å². The predicted octanol–water partition coefficient (Wildman–Crippen LogP) is 4.36. The summed E-state index contributed by atoms with van der Waals surface area (Å²) in [6.07, 6.45) is 1.31. The van der Waals surface area contributed by atoms with Crippen molar-refractivity contribution in [2.75, 3.05) is 23.7 Å². The summed E-state index contributed by atoms with van der Waals surface area (Å²) in [5, 5.41) is 5.88. The maximum absolute atomic E-state index is 12.7. The van der Waals surface area contributed by atoms with E-state index < -0.39 is 0 Å². The van der Waals surface area contributed by atoms with Crippen LogP contribution >= 0.6 is 0 Å². The molecule has 2 aromatic rings. The summed E-state index contributed by atoms with van der Waals surface area (Å²) in [7, 11) is 0. The van der Waals surface area contributed by atoms with Crippen LogP contribution in [0.15, 0.2) is 54.6 Å². The molecule has 0 radical (unpaired) electrons. The molecule has 6 nitrogen and oxygen atoms in total. The fourth-order valence-electron chi connectivity index (χ4n) is 3.23. The van der Waals surface area contributed by atoms with Crippen molar-refractivity contribution in [1.29, 1.82) is 0 Å². The summed E-state index contributed by atoms with van der Waals surface area (Å²) in [5.41, 5.74) is 1.46. The van der Waals surface area contributed by atoms with Gasteiger partial charge in [0.2, 0.25) is 5.91 Å². The van der Waals surface area contributed by atoms with Crippen LogP contribution in [0.2, 0.25) is 0 Å².